The Bertz CT molecular complexity index is 1400. The Labute approximate surface area is 203 Å². The topological polar surface area (TPSA) is 71.1 Å². The molecule has 0 radical (unpaired) electrons. The minimum absolute atomic E-state index is 0.115. The van der Waals surface area contributed by atoms with E-state index in [0.717, 1.165) is 16.2 Å². The molecule has 0 N–H and O–H groups in total. The summed E-state index contributed by atoms with van der Waals surface area (Å²) in [6, 6.07) is 21.1. The van der Waals surface area contributed by atoms with Crippen LogP contribution in [-0.4, -0.2) is 49.9 Å². The second kappa shape index (κ2) is 7.97. The number of Topliss-reactive ketones (excluding diaryl/α,β-unsaturated/α-hetero) is 2. The van der Waals surface area contributed by atoms with Crippen LogP contribution < -0.4 is 5.46 Å². The van der Waals surface area contributed by atoms with Crippen molar-refractivity contribution in [3.05, 3.63) is 89.0 Å². The maximum Gasteiger partial charge on any atom is 0.494 e. The van der Waals surface area contributed by atoms with Crippen LogP contribution in [0.25, 0.3) is 10.8 Å². The number of carbonyl (C=O) groups excluding carboxylic acids is 2. The number of hydrogen-bond donors (Lipinski definition) is 0. The van der Waals surface area contributed by atoms with Gasteiger partial charge >= 0.3 is 7.12 Å². The summed E-state index contributed by atoms with van der Waals surface area (Å²) >= 11 is 0. The van der Waals surface area contributed by atoms with E-state index in [0.29, 0.717) is 35.3 Å². The molecule has 174 valence electrons. The molecule has 3 aromatic carbocycles. The average molecular weight is 466 g/mol. The standard InChI is InChI=1S/C28H23BO6/c1-15-32-14-23(33-15)25-22-13-21-24(28(25)35-29(34-22)18-9-3-2-4-10-18)27(31)20-12-17-8-6-5-7-16(17)11-19(20)26(21)30/h2-12,15,22-23,25,28H,13-14H2,1H3/t15-,22?,23-,25?,28+/m1/s1. The van der Waals surface area contributed by atoms with E-state index in [4.69, 9.17) is 18.8 Å². The predicted molar refractivity (Wildman–Crippen MR) is 130 cm³/mol. The Morgan fingerprint density at radius 3 is 2.20 bits per heavy atom. The molecule has 0 saturated carbocycles. The van der Waals surface area contributed by atoms with Crippen molar-refractivity contribution in [2.75, 3.05) is 6.61 Å². The molecule has 35 heavy (non-hydrogen) atoms. The van der Waals surface area contributed by atoms with Gasteiger partial charge in [0.05, 0.1) is 24.9 Å². The van der Waals surface area contributed by atoms with Gasteiger partial charge in [-0.3, -0.25) is 9.59 Å². The third-order valence-electron chi connectivity index (χ3n) is 7.62. The van der Waals surface area contributed by atoms with Gasteiger partial charge in [-0.25, -0.2) is 0 Å². The zero-order chi connectivity index (χ0) is 23.7. The van der Waals surface area contributed by atoms with Crippen molar-refractivity contribution in [3.8, 4) is 0 Å². The highest BCUT2D eigenvalue weighted by atomic mass is 16.7. The van der Waals surface area contributed by atoms with Crippen molar-refractivity contribution in [2.24, 2.45) is 5.92 Å². The van der Waals surface area contributed by atoms with Gasteiger partial charge < -0.3 is 18.8 Å². The highest BCUT2D eigenvalue weighted by Gasteiger charge is 2.56. The number of ketones is 2. The zero-order valence-electron chi connectivity index (χ0n) is 19.2. The highest BCUT2D eigenvalue weighted by molar-refractivity contribution is 6.61. The number of carbonyl (C=O) groups is 2. The summed E-state index contributed by atoms with van der Waals surface area (Å²) in [5.41, 5.74) is 2.72. The van der Waals surface area contributed by atoms with Crippen LogP contribution in [0.15, 0.2) is 77.9 Å². The molecule has 2 aliphatic carbocycles. The molecule has 2 saturated heterocycles. The number of fused-ring (bicyclic) bond motifs is 5. The Hall–Kier alpha value is -3.10. The van der Waals surface area contributed by atoms with Crippen molar-refractivity contribution < 1.29 is 28.4 Å². The molecule has 5 atom stereocenters. The van der Waals surface area contributed by atoms with Crippen LogP contribution in [0, 0.1) is 5.92 Å². The average Bonchev–Trinajstić information content (AvgIpc) is 3.31. The number of rotatable bonds is 2. The molecule has 0 aromatic heterocycles. The minimum atomic E-state index is -0.628. The lowest BCUT2D eigenvalue weighted by Crippen LogP contribution is -2.61. The lowest BCUT2D eigenvalue weighted by atomic mass is 9.65. The SMILES string of the molecule is C[C@@H]1OC[C@H](C2C3CC4=C(C(=O)c5cc6ccccc6cc5C4=O)[C@@H]2OB(c2ccccc2)O3)O1. The fraction of sp³-hybridized carbons (Fsp3) is 0.286. The Kier molecular flexibility index (Phi) is 4.83. The fourth-order valence-electron chi connectivity index (χ4n) is 5.99. The minimum Gasteiger partial charge on any atom is -0.404 e. The number of benzene rings is 3. The Morgan fingerprint density at radius 2 is 1.51 bits per heavy atom. The maximum atomic E-state index is 14.0. The summed E-state index contributed by atoms with van der Waals surface area (Å²) in [6.45, 7) is 2.25. The quantitative estimate of drug-likeness (QED) is 0.539. The van der Waals surface area contributed by atoms with Gasteiger partial charge in [0.2, 0.25) is 0 Å². The first-order valence-electron chi connectivity index (χ1n) is 12.1. The van der Waals surface area contributed by atoms with Crippen molar-refractivity contribution in [2.45, 2.75) is 37.9 Å². The number of ether oxygens (including phenoxy) is 2. The van der Waals surface area contributed by atoms with E-state index >= 15 is 0 Å². The van der Waals surface area contributed by atoms with Crippen molar-refractivity contribution in [1.82, 2.24) is 0 Å². The zero-order valence-corrected chi connectivity index (χ0v) is 19.2. The van der Waals surface area contributed by atoms with Gasteiger partial charge in [-0.15, -0.1) is 0 Å². The molecule has 4 aliphatic rings. The van der Waals surface area contributed by atoms with Gasteiger partial charge in [0, 0.05) is 34.6 Å². The van der Waals surface area contributed by atoms with E-state index in [9.17, 15) is 9.59 Å². The van der Waals surface area contributed by atoms with Gasteiger partial charge in [0.15, 0.2) is 17.9 Å². The van der Waals surface area contributed by atoms with E-state index in [1.54, 1.807) is 0 Å². The van der Waals surface area contributed by atoms with Crippen LogP contribution in [0.4, 0.5) is 0 Å². The third-order valence-corrected chi connectivity index (χ3v) is 7.62. The first-order valence-corrected chi connectivity index (χ1v) is 12.1. The van der Waals surface area contributed by atoms with Crippen molar-refractivity contribution >= 4 is 34.9 Å². The molecule has 6 nitrogen and oxygen atoms in total. The van der Waals surface area contributed by atoms with Crippen LogP contribution in [0.1, 0.15) is 34.1 Å². The smallest absolute Gasteiger partial charge is 0.404 e. The molecule has 2 unspecified atom stereocenters. The van der Waals surface area contributed by atoms with Crippen LogP contribution in [-0.2, 0) is 18.8 Å². The van der Waals surface area contributed by atoms with E-state index in [1.807, 2.05) is 73.7 Å². The molecule has 2 heterocycles. The lowest BCUT2D eigenvalue weighted by Gasteiger charge is -2.48. The predicted octanol–water partition coefficient (Wildman–Crippen LogP) is 3.48. The molecular weight excluding hydrogens is 443 g/mol. The van der Waals surface area contributed by atoms with Gasteiger partial charge in [-0.2, -0.15) is 0 Å². The molecule has 2 fully saturated rings. The van der Waals surface area contributed by atoms with Crippen LogP contribution >= 0.6 is 0 Å². The maximum absolute atomic E-state index is 14.0. The summed E-state index contributed by atoms with van der Waals surface area (Å²) in [4.78, 5) is 27.7. The van der Waals surface area contributed by atoms with Crippen molar-refractivity contribution in [1.29, 1.82) is 0 Å². The molecule has 7 rings (SSSR count). The molecular formula is C28H23BO6. The van der Waals surface area contributed by atoms with Gasteiger partial charge in [-0.05, 0) is 35.3 Å². The van der Waals surface area contributed by atoms with E-state index in [2.05, 4.69) is 0 Å². The van der Waals surface area contributed by atoms with Crippen molar-refractivity contribution in [3.63, 3.8) is 0 Å². The monoisotopic (exact) mass is 466 g/mol. The van der Waals surface area contributed by atoms with E-state index < -0.39 is 13.2 Å². The molecule has 7 heteroatoms. The van der Waals surface area contributed by atoms with Crippen LogP contribution in [0.3, 0.4) is 0 Å². The van der Waals surface area contributed by atoms with E-state index in [-0.39, 0.29) is 36.0 Å². The normalized spacial score (nSPS) is 30.0. The summed E-state index contributed by atoms with van der Waals surface area (Å²) in [7, 11) is -0.628. The first kappa shape index (κ1) is 21.2. The fourth-order valence-corrected chi connectivity index (χ4v) is 5.99. The summed E-state index contributed by atoms with van der Waals surface area (Å²) in [6.07, 6.45) is -1.25. The molecule has 2 bridgehead atoms. The molecule has 3 aromatic rings. The van der Waals surface area contributed by atoms with Gasteiger partial charge in [0.25, 0.3) is 0 Å². The van der Waals surface area contributed by atoms with Crippen LogP contribution in [0.2, 0.25) is 0 Å². The Balaban J connectivity index is 1.35. The summed E-state index contributed by atoms with van der Waals surface area (Å²) < 4.78 is 24.7. The number of hydrogen-bond acceptors (Lipinski definition) is 6. The first-order chi connectivity index (χ1) is 17.1. The second-order valence-electron chi connectivity index (χ2n) is 9.63. The second-order valence-corrected chi connectivity index (χ2v) is 9.63. The highest BCUT2D eigenvalue weighted by Crippen LogP contribution is 2.46. The Morgan fingerprint density at radius 1 is 0.829 bits per heavy atom. The van der Waals surface area contributed by atoms with E-state index in [1.165, 1.54) is 0 Å². The molecule has 0 spiro atoms. The largest absolute Gasteiger partial charge is 0.494 e. The lowest BCUT2D eigenvalue weighted by molar-refractivity contribution is -0.106. The summed E-state index contributed by atoms with van der Waals surface area (Å²) in [5.74, 6) is -0.511. The molecule has 2 aliphatic heterocycles. The summed E-state index contributed by atoms with van der Waals surface area (Å²) in [5, 5.41) is 1.87. The van der Waals surface area contributed by atoms with Crippen LogP contribution in [0.5, 0.6) is 0 Å². The van der Waals surface area contributed by atoms with Gasteiger partial charge in [0.1, 0.15) is 0 Å². The van der Waals surface area contributed by atoms with Gasteiger partial charge in [-0.1, -0.05) is 54.6 Å². The molecule has 0 amide bonds. The third kappa shape index (κ3) is 3.27.